The standard InChI is InChI=1S/C11H18N2O2/c1-3-5-6-7-10-9(8-12-13-10)11(14)15-4-2/h8H,3-7H2,1-2H3,(H,12,13). The number of carbonyl (C=O) groups excluding carboxylic acids is 1. The fraction of sp³-hybridized carbons (Fsp3) is 0.636. The molecule has 0 saturated carbocycles. The number of nitrogens with one attached hydrogen (secondary N) is 1. The molecule has 4 nitrogen and oxygen atoms in total. The van der Waals surface area contributed by atoms with Gasteiger partial charge in [-0.2, -0.15) is 5.10 Å². The first kappa shape index (κ1) is 11.8. The molecule has 0 bridgehead atoms. The number of H-pyrrole nitrogens is 1. The summed E-state index contributed by atoms with van der Waals surface area (Å²) in [5.41, 5.74) is 1.47. The summed E-state index contributed by atoms with van der Waals surface area (Å²) in [7, 11) is 0. The van der Waals surface area contributed by atoms with Gasteiger partial charge >= 0.3 is 5.97 Å². The van der Waals surface area contributed by atoms with Crippen LogP contribution in [0, 0.1) is 0 Å². The molecule has 0 saturated heterocycles. The fourth-order valence-electron chi connectivity index (χ4n) is 1.44. The Kier molecular flexibility index (Phi) is 4.87. The van der Waals surface area contributed by atoms with Crippen LogP contribution < -0.4 is 0 Å². The lowest BCUT2D eigenvalue weighted by Crippen LogP contribution is -2.06. The van der Waals surface area contributed by atoms with Gasteiger partial charge in [0.25, 0.3) is 0 Å². The molecule has 4 heteroatoms. The summed E-state index contributed by atoms with van der Waals surface area (Å²) in [5, 5.41) is 6.73. The van der Waals surface area contributed by atoms with E-state index < -0.39 is 0 Å². The van der Waals surface area contributed by atoms with Crippen molar-refractivity contribution in [1.82, 2.24) is 10.2 Å². The van der Waals surface area contributed by atoms with E-state index in [2.05, 4.69) is 17.1 Å². The van der Waals surface area contributed by atoms with E-state index >= 15 is 0 Å². The van der Waals surface area contributed by atoms with Crippen LogP contribution in [0.15, 0.2) is 6.20 Å². The molecule has 1 rings (SSSR count). The number of unbranched alkanes of at least 4 members (excludes halogenated alkanes) is 2. The molecule has 1 heterocycles. The average molecular weight is 210 g/mol. The van der Waals surface area contributed by atoms with Gasteiger partial charge in [0.15, 0.2) is 0 Å². The minimum atomic E-state index is -0.280. The lowest BCUT2D eigenvalue weighted by atomic mass is 10.1. The number of nitrogens with zero attached hydrogens (tertiary/aromatic N) is 1. The number of esters is 1. The minimum Gasteiger partial charge on any atom is -0.462 e. The van der Waals surface area contributed by atoms with E-state index in [-0.39, 0.29) is 5.97 Å². The second kappa shape index (κ2) is 6.22. The Morgan fingerprint density at radius 3 is 2.93 bits per heavy atom. The number of aromatic nitrogens is 2. The summed E-state index contributed by atoms with van der Waals surface area (Å²) in [6.45, 7) is 4.35. The molecule has 0 aliphatic carbocycles. The maximum Gasteiger partial charge on any atom is 0.341 e. The Morgan fingerprint density at radius 2 is 2.27 bits per heavy atom. The summed E-state index contributed by atoms with van der Waals surface area (Å²) < 4.78 is 4.93. The highest BCUT2D eigenvalue weighted by atomic mass is 16.5. The van der Waals surface area contributed by atoms with E-state index in [9.17, 15) is 4.79 Å². The molecule has 0 radical (unpaired) electrons. The number of aryl methyl sites for hydroxylation is 1. The highest BCUT2D eigenvalue weighted by Gasteiger charge is 2.13. The average Bonchev–Trinajstić information content (AvgIpc) is 2.67. The highest BCUT2D eigenvalue weighted by molar-refractivity contribution is 5.90. The number of carbonyl (C=O) groups is 1. The molecule has 84 valence electrons. The summed E-state index contributed by atoms with van der Waals surface area (Å²) in [6, 6.07) is 0. The third kappa shape index (κ3) is 3.38. The number of rotatable bonds is 6. The van der Waals surface area contributed by atoms with E-state index in [1.807, 2.05) is 0 Å². The first-order valence-corrected chi connectivity index (χ1v) is 5.49. The van der Waals surface area contributed by atoms with Crippen LogP contribution in [-0.2, 0) is 11.2 Å². The molecule has 0 spiro atoms. The maximum atomic E-state index is 11.5. The second-order valence-corrected chi connectivity index (χ2v) is 3.44. The van der Waals surface area contributed by atoms with E-state index in [0.29, 0.717) is 12.2 Å². The maximum absolute atomic E-state index is 11.5. The van der Waals surface area contributed by atoms with Crippen LogP contribution >= 0.6 is 0 Å². The topological polar surface area (TPSA) is 55.0 Å². The third-order valence-electron chi connectivity index (χ3n) is 2.24. The van der Waals surface area contributed by atoms with E-state index in [1.54, 1.807) is 13.1 Å². The molecular formula is C11H18N2O2. The molecule has 0 fully saturated rings. The van der Waals surface area contributed by atoms with Crippen LogP contribution in [-0.4, -0.2) is 22.8 Å². The molecule has 0 amide bonds. The predicted molar refractivity (Wildman–Crippen MR) is 57.8 cm³/mol. The zero-order valence-electron chi connectivity index (χ0n) is 9.38. The minimum absolute atomic E-state index is 0.280. The lowest BCUT2D eigenvalue weighted by Gasteiger charge is -2.02. The van der Waals surface area contributed by atoms with Gasteiger partial charge in [0.1, 0.15) is 5.56 Å². The van der Waals surface area contributed by atoms with E-state index in [4.69, 9.17) is 4.74 Å². The molecule has 1 aromatic rings. The molecule has 0 atom stereocenters. The van der Waals surface area contributed by atoms with Crippen molar-refractivity contribution in [1.29, 1.82) is 0 Å². The Bertz CT molecular complexity index is 307. The van der Waals surface area contributed by atoms with Gasteiger partial charge in [-0.3, -0.25) is 5.10 Å². The van der Waals surface area contributed by atoms with Gasteiger partial charge in [-0.25, -0.2) is 4.79 Å². The number of aromatic amines is 1. The van der Waals surface area contributed by atoms with Gasteiger partial charge in [0.05, 0.1) is 12.8 Å². The summed E-state index contributed by atoms with van der Waals surface area (Å²) >= 11 is 0. The molecule has 15 heavy (non-hydrogen) atoms. The Hall–Kier alpha value is -1.32. The van der Waals surface area contributed by atoms with Crippen molar-refractivity contribution in [2.75, 3.05) is 6.61 Å². The van der Waals surface area contributed by atoms with Crippen molar-refractivity contribution in [2.24, 2.45) is 0 Å². The van der Waals surface area contributed by atoms with Crippen molar-refractivity contribution >= 4 is 5.97 Å². The van der Waals surface area contributed by atoms with Crippen LogP contribution in [0.25, 0.3) is 0 Å². The number of ether oxygens (including phenoxy) is 1. The van der Waals surface area contributed by atoms with Crippen LogP contribution in [0.3, 0.4) is 0 Å². The summed E-state index contributed by atoms with van der Waals surface area (Å²) in [5.74, 6) is -0.280. The van der Waals surface area contributed by atoms with Gasteiger partial charge in [-0.15, -0.1) is 0 Å². The summed E-state index contributed by atoms with van der Waals surface area (Å²) in [4.78, 5) is 11.5. The first-order valence-electron chi connectivity index (χ1n) is 5.49. The van der Waals surface area contributed by atoms with Crippen molar-refractivity contribution < 1.29 is 9.53 Å². The molecule has 0 unspecified atom stereocenters. The molecule has 1 aromatic heterocycles. The fourth-order valence-corrected chi connectivity index (χ4v) is 1.44. The smallest absolute Gasteiger partial charge is 0.341 e. The van der Waals surface area contributed by atoms with Crippen molar-refractivity contribution in [3.63, 3.8) is 0 Å². The van der Waals surface area contributed by atoms with Crippen LogP contribution in [0.4, 0.5) is 0 Å². The molecular weight excluding hydrogens is 192 g/mol. The van der Waals surface area contributed by atoms with E-state index in [0.717, 1.165) is 18.5 Å². The van der Waals surface area contributed by atoms with Crippen molar-refractivity contribution in [3.05, 3.63) is 17.5 Å². The highest BCUT2D eigenvalue weighted by Crippen LogP contribution is 2.10. The van der Waals surface area contributed by atoms with Crippen LogP contribution in [0.1, 0.15) is 49.2 Å². The van der Waals surface area contributed by atoms with E-state index in [1.165, 1.54) is 12.8 Å². The molecule has 0 aliphatic heterocycles. The molecule has 1 N–H and O–H groups in total. The zero-order chi connectivity index (χ0) is 11.1. The molecule has 0 aliphatic rings. The van der Waals surface area contributed by atoms with Crippen molar-refractivity contribution in [2.45, 2.75) is 39.5 Å². The Balaban J connectivity index is 2.56. The van der Waals surface area contributed by atoms with Crippen LogP contribution in [0.5, 0.6) is 0 Å². The van der Waals surface area contributed by atoms with Gasteiger partial charge in [0.2, 0.25) is 0 Å². The Morgan fingerprint density at radius 1 is 1.47 bits per heavy atom. The number of hydrogen-bond acceptors (Lipinski definition) is 3. The number of hydrogen-bond donors (Lipinski definition) is 1. The zero-order valence-corrected chi connectivity index (χ0v) is 9.38. The van der Waals surface area contributed by atoms with Crippen LogP contribution in [0.2, 0.25) is 0 Å². The second-order valence-electron chi connectivity index (χ2n) is 3.44. The van der Waals surface area contributed by atoms with Gasteiger partial charge in [-0.1, -0.05) is 19.8 Å². The normalized spacial score (nSPS) is 10.3. The monoisotopic (exact) mass is 210 g/mol. The predicted octanol–water partition coefficient (Wildman–Crippen LogP) is 2.32. The van der Waals surface area contributed by atoms with Gasteiger partial charge < -0.3 is 4.74 Å². The van der Waals surface area contributed by atoms with Crippen molar-refractivity contribution in [3.8, 4) is 0 Å². The largest absolute Gasteiger partial charge is 0.462 e. The molecule has 0 aromatic carbocycles. The summed E-state index contributed by atoms with van der Waals surface area (Å²) in [6.07, 6.45) is 5.82. The lowest BCUT2D eigenvalue weighted by molar-refractivity contribution is 0.0525. The van der Waals surface area contributed by atoms with Gasteiger partial charge in [0, 0.05) is 5.69 Å². The van der Waals surface area contributed by atoms with Gasteiger partial charge in [-0.05, 0) is 19.8 Å². The SMILES string of the molecule is CCCCCc1[nH]ncc1C(=O)OCC. The quantitative estimate of drug-likeness (QED) is 0.579. The Labute approximate surface area is 90.0 Å². The first-order chi connectivity index (χ1) is 7.29. The third-order valence-corrected chi connectivity index (χ3v) is 2.24.